The fraction of sp³-hybridized carbons (Fsp3) is 0.375. The number of benzene rings is 1. The SMILES string of the molecule is CC(C)(C)c1nnc2n(c1=O)NC(=O)C(Cc1ccccc1)N2. The van der Waals surface area contributed by atoms with Crippen LogP contribution in [0, 0.1) is 0 Å². The maximum atomic E-state index is 12.5. The lowest BCUT2D eigenvalue weighted by atomic mass is 9.93. The van der Waals surface area contributed by atoms with Gasteiger partial charge in [-0.2, -0.15) is 4.68 Å². The van der Waals surface area contributed by atoms with Crippen LogP contribution in [0.4, 0.5) is 5.95 Å². The van der Waals surface area contributed by atoms with E-state index in [-0.39, 0.29) is 17.4 Å². The van der Waals surface area contributed by atoms with E-state index in [4.69, 9.17) is 0 Å². The van der Waals surface area contributed by atoms with Crippen molar-refractivity contribution < 1.29 is 4.79 Å². The second-order valence-electron chi connectivity index (χ2n) is 6.63. The van der Waals surface area contributed by atoms with Crippen LogP contribution in [-0.4, -0.2) is 26.8 Å². The summed E-state index contributed by atoms with van der Waals surface area (Å²) >= 11 is 0. The lowest BCUT2D eigenvalue weighted by molar-refractivity contribution is -0.118. The molecule has 120 valence electrons. The lowest BCUT2D eigenvalue weighted by Gasteiger charge is -2.27. The molecule has 1 aliphatic heterocycles. The Balaban J connectivity index is 1.91. The zero-order valence-electron chi connectivity index (χ0n) is 13.3. The number of anilines is 1. The molecule has 0 spiro atoms. The number of nitrogens with one attached hydrogen (secondary N) is 2. The van der Waals surface area contributed by atoms with Crippen molar-refractivity contribution in [2.45, 2.75) is 38.6 Å². The van der Waals surface area contributed by atoms with Crippen LogP contribution in [-0.2, 0) is 16.6 Å². The third-order valence-electron chi connectivity index (χ3n) is 3.70. The van der Waals surface area contributed by atoms with Crippen molar-refractivity contribution in [2.24, 2.45) is 0 Å². The van der Waals surface area contributed by atoms with E-state index >= 15 is 0 Å². The van der Waals surface area contributed by atoms with Crippen molar-refractivity contribution in [1.29, 1.82) is 0 Å². The van der Waals surface area contributed by atoms with Crippen molar-refractivity contribution in [3.8, 4) is 0 Å². The summed E-state index contributed by atoms with van der Waals surface area (Å²) < 4.78 is 1.14. The van der Waals surface area contributed by atoms with Crippen molar-refractivity contribution in [2.75, 3.05) is 10.7 Å². The summed E-state index contributed by atoms with van der Waals surface area (Å²) in [6.07, 6.45) is 0.504. The second-order valence-corrected chi connectivity index (χ2v) is 6.63. The number of hydrogen-bond acceptors (Lipinski definition) is 5. The van der Waals surface area contributed by atoms with Gasteiger partial charge in [0.15, 0.2) is 0 Å². The van der Waals surface area contributed by atoms with E-state index in [0.29, 0.717) is 12.1 Å². The molecule has 0 bridgehead atoms. The molecule has 1 atom stereocenters. The van der Waals surface area contributed by atoms with Crippen molar-refractivity contribution in [3.05, 3.63) is 51.9 Å². The van der Waals surface area contributed by atoms with E-state index in [0.717, 1.165) is 10.2 Å². The van der Waals surface area contributed by atoms with Crippen LogP contribution in [0.5, 0.6) is 0 Å². The molecule has 7 heteroatoms. The molecular formula is C16H19N5O2. The van der Waals surface area contributed by atoms with Gasteiger partial charge in [-0.05, 0) is 5.56 Å². The summed E-state index contributed by atoms with van der Waals surface area (Å²) in [7, 11) is 0. The predicted octanol–water partition coefficient (Wildman–Crippen LogP) is 1.04. The summed E-state index contributed by atoms with van der Waals surface area (Å²) in [4.78, 5) is 24.8. The molecule has 1 aromatic carbocycles. The van der Waals surface area contributed by atoms with Crippen molar-refractivity contribution >= 4 is 11.9 Å². The zero-order valence-corrected chi connectivity index (χ0v) is 13.3. The fourth-order valence-electron chi connectivity index (χ4n) is 2.46. The van der Waals surface area contributed by atoms with Gasteiger partial charge in [-0.3, -0.25) is 15.0 Å². The van der Waals surface area contributed by atoms with Gasteiger partial charge in [-0.1, -0.05) is 51.1 Å². The number of amides is 1. The Morgan fingerprint density at radius 3 is 2.48 bits per heavy atom. The molecule has 0 radical (unpaired) electrons. The molecule has 1 aliphatic rings. The molecule has 0 fully saturated rings. The monoisotopic (exact) mass is 313 g/mol. The maximum absolute atomic E-state index is 12.5. The van der Waals surface area contributed by atoms with Gasteiger partial charge >= 0.3 is 0 Å². The highest BCUT2D eigenvalue weighted by Gasteiger charge is 2.30. The predicted molar refractivity (Wildman–Crippen MR) is 86.9 cm³/mol. The number of fused-ring (bicyclic) bond motifs is 1. The van der Waals surface area contributed by atoms with E-state index < -0.39 is 11.5 Å². The molecule has 0 saturated heterocycles. The number of carbonyl (C=O) groups is 1. The highest BCUT2D eigenvalue weighted by molar-refractivity contribution is 5.92. The molecule has 3 rings (SSSR count). The summed E-state index contributed by atoms with van der Waals surface area (Å²) in [6.45, 7) is 5.63. The number of rotatable bonds is 2. The van der Waals surface area contributed by atoms with E-state index in [1.165, 1.54) is 0 Å². The quantitative estimate of drug-likeness (QED) is 0.865. The third kappa shape index (κ3) is 2.94. The molecule has 1 unspecified atom stereocenters. The van der Waals surface area contributed by atoms with Gasteiger partial charge in [0.05, 0.1) is 0 Å². The van der Waals surface area contributed by atoms with Gasteiger partial charge in [-0.25, -0.2) is 0 Å². The van der Waals surface area contributed by atoms with E-state index in [1.54, 1.807) is 0 Å². The Labute approximate surface area is 133 Å². The molecule has 23 heavy (non-hydrogen) atoms. The third-order valence-corrected chi connectivity index (χ3v) is 3.70. The first-order chi connectivity index (χ1) is 10.9. The first kappa shape index (κ1) is 15.2. The molecular weight excluding hydrogens is 294 g/mol. The first-order valence-corrected chi connectivity index (χ1v) is 7.48. The van der Waals surface area contributed by atoms with Gasteiger partial charge < -0.3 is 5.32 Å². The van der Waals surface area contributed by atoms with Crippen LogP contribution in [0.1, 0.15) is 32.0 Å². The van der Waals surface area contributed by atoms with E-state index in [9.17, 15) is 9.59 Å². The second kappa shape index (κ2) is 5.49. The molecule has 1 aromatic heterocycles. The summed E-state index contributed by atoms with van der Waals surface area (Å²) in [6, 6.07) is 9.17. The standard InChI is InChI=1S/C16H19N5O2/c1-16(2,3)12-14(23)21-15(19-18-12)17-11(13(22)20-21)9-10-7-5-4-6-8-10/h4-8,11H,9H2,1-3H3,(H,17,19)(H,20,22). The Kier molecular flexibility index (Phi) is 3.63. The van der Waals surface area contributed by atoms with Crippen LogP contribution < -0.4 is 16.3 Å². The number of nitrogens with zero attached hydrogens (tertiary/aromatic N) is 3. The molecule has 2 aromatic rings. The average molecular weight is 313 g/mol. The maximum Gasteiger partial charge on any atom is 0.296 e. The first-order valence-electron chi connectivity index (χ1n) is 7.48. The zero-order chi connectivity index (χ0) is 16.6. The molecule has 1 amide bonds. The van der Waals surface area contributed by atoms with Crippen LogP contribution in [0.3, 0.4) is 0 Å². The number of aromatic nitrogens is 3. The highest BCUT2D eigenvalue weighted by Crippen LogP contribution is 2.18. The molecule has 7 nitrogen and oxygen atoms in total. The van der Waals surface area contributed by atoms with Gasteiger partial charge in [0.25, 0.3) is 11.5 Å². The van der Waals surface area contributed by atoms with Crippen molar-refractivity contribution in [3.63, 3.8) is 0 Å². The Hall–Kier alpha value is -2.70. The van der Waals surface area contributed by atoms with Crippen LogP contribution in [0.2, 0.25) is 0 Å². The topological polar surface area (TPSA) is 88.9 Å². The number of hydrogen-bond donors (Lipinski definition) is 2. The Morgan fingerprint density at radius 1 is 1.13 bits per heavy atom. The summed E-state index contributed by atoms with van der Waals surface area (Å²) in [5, 5.41) is 11.1. The Morgan fingerprint density at radius 2 is 1.83 bits per heavy atom. The van der Waals surface area contributed by atoms with Crippen LogP contribution >= 0.6 is 0 Å². The Bertz CT molecular complexity index is 792. The minimum absolute atomic E-state index is 0.253. The minimum Gasteiger partial charge on any atom is -0.341 e. The number of carbonyl (C=O) groups excluding carboxylic acids is 1. The lowest BCUT2D eigenvalue weighted by Crippen LogP contribution is -2.51. The van der Waals surface area contributed by atoms with Crippen LogP contribution in [0.15, 0.2) is 35.1 Å². The largest absolute Gasteiger partial charge is 0.341 e. The van der Waals surface area contributed by atoms with E-state index in [1.807, 2.05) is 51.1 Å². The van der Waals surface area contributed by atoms with Crippen LogP contribution in [0.25, 0.3) is 0 Å². The summed E-state index contributed by atoms with van der Waals surface area (Å²) in [5.41, 5.74) is 3.14. The van der Waals surface area contributed by atoms with Gasteiger partial charge in [-0.15, -0.1) is 10.2 Å². The molecule has 2 heterocycles. The minimum atomic E-state index is -0.494. The van der Waals surface area contributed by atoms with E-state index in [2.05, 4.69) is 20.9 Å². The smallest absolute Gasteiger partial charge is 0.296 e. The highest BCUT2D eigenvalue weighted by atomic mass is 16.2. The van der Waals surface area contributed by atoms with Crippen molar-refractivity contribution in [1.82, 2.24) is 14.9 Å². The molecule has 0 aliphatic carbocycles. The summed E-state index contributed by atoms with van der Waals surface area (Å²) in [5.74, 6) is -0.0140. The van der Waals surface area contributed by atoms with Gasteiger partial charge in [0.2, 0.25) is 5.95 Å². The average Bonchev–Trinajstić information content (AvgIpc) is 2.49. The molecule has 2 N–H and O–H groups in total. The van der Waals surface area contributed by atoms with Gasteiger partial charge in [0, 0.05) is 11.8 Å². The molecule has 0 saturated carbocycles. The normalized spacial score (nSPS) is 17.2. The van der Waals surface area contributed by atoms with Gasteiger partial charge in [0.1, 0.15) is 11.7 Å². The fourth-order valence-corrected chi connectivity index (χ4v) is 2.46.